The van der Waals surface area contributed by atoms with E-state index < -0.39 is 17.8 Å². The highest BCUT2D eigenvalue weighted by Gasteiger charge is 2.16. The maximum atomic E-state index is 12.3. The number of benzene rings is 2. The fourth-order valence-corrected chi connectivity index (χ4v) is 2.53. The summed E-state index contributed by atoms with van der Waals surface area (Å²) in [5.41, 5.74) is 1.75. The monoisotopic (exact) mass is 402 g/mol. The smallest absolute Gasteiger partial charge is 0.203 e. The molecule has 0 bridgehead atoms. The van der Waals surface area contributed by atoms with E-state index in [0.29, 0.717) is 13.2 Å². The Hall–Kier alpha value is -2.83. The number of hydrogen-bond donors (Lipinski definition) is 2. The van der Waals surface area contributed by atoms with E-state index >= 15 is 0 Å². The molecule has 2 aromatic rings. The van der Waals surface area contributed by atoms with Gasteiger partial charge < -0.3 is 24.4 Å². The van der Waals surface area contributed by atoms with Gasteiger partial charge in [0.25, 0.3) is 0 Å². The van der Waals surface area contributed by atoms with Crippen LogP contribution in [0.1, 0.15) is 55.5 Å². The Morgan fingerprint density at radius 1 is 1.00 bits per heavy atom. The first kappa shape index (κ1) is 24.2. The molecule has 2 rings (SSSR count). The second-order valence-corrected chi connectivity index (χ2v) is 5.62. The average Bonchev–Trinajstić information content (AvgIpc) is 2.74. The average molecular weight is 402 g/mol. The Balaban J connectivity index is 0.00000204. The van der Waals surface area contributed by atoms with E-state index in [0.717, 1.165) is 11.1 Å². The highest BCUT2D eigenvalue weighted by atomic mass is 16.7. The summed E-state index contributed by atoms with van der Waals surface area (Å²) < 4.78 is 16.0. The molecular weight excluding hydrogens is 372 g/mol. The molecule has 0 spiro atoms. The molecule has 2 aromatic carbocycles. The minimum Gasteiger partial charge on any atom is -0.504 e. The molecule has 0 unspecified atom stereocenters. The van der Waals surface area contributed by atoms with Crippen LogP contribution in [0.2, 0.25) is 0 Å². The Morgan fingerprint density at radius 3 is 2.10 bits per heavy atom. The topological polar surface area (TPSA) is 85.2 Å². The van der Waals surface area contributed by atoms with Crippen LogP contribution in [0, 0.1) is 0 Å². The van der Waals surface area contributed by atoms with Crippen molar-refractivity contribution in [3.05, 3.63) is 59.2 Å². The molecule has 0 saturated carbocycles. The summed E-state index contributed by atoms with van der Waals surface area (Å²) in [6.07, 6.45) is 2.57. The number of phenols is 2. The van der Waals surface area contributed by atoms with Crippen LogP contribution in [0.15, 0.2) is 42.5 Å². The van der Waals surface area contributed by atoms with E-state index in [-0.39, 0.29) is 17.1 Å². The molecule has 0 heterocycles. The molecule has 0 fully saturated rings. The van der Waals surface area contributed by atoms with Crippen molar-refractivity contribution in [2.45, 2.75) is 34.0 Å². The fourth-order valence-electron chi connectivity index (χ4n) is 2.53. The van der Waals surface area contributed by atoms with Gasteiger partial charge in [0.2, 0.25) is 5.75 Å². The third kappa shape index (κ3) is 6.62. The van der Waals surface area contributed by atoms with E-state index in [1.165, 1.54) is 25.3 Å². The van der Waals surface area contributed by atoms with Gasteiger partial charge in [0.1, 0.15) is 0 Å². The van der Waals surface area contributed by atoms with E-state index in [4.69, 9.17) is 14.2 Å². The minimum absolute atomic E-state index is 0.0466. The lowest BCUT2D eigenvalue weighted by Crippen LogP contribution is -2.08. The van der Waals surface area contributed by atoms with Gasteiger partial charge in [-0.2, -0.15) is 0 Å². The number of ether oxygens (including phenoxy) is 3. The zero-order valence-corrected chi connectivity index (χ0v) is 17.6. The normalized spacial score (nSPS) is 10.7. The fraction of sp³-hybridized carbons (Fsp3) is 0.348. The molecule has 0 aromatic heterocycles. The Kier molecular flexibility index (Phi) is 10.5. The summed E-state index contributed by atoms with van der Waals surface area (Å²) >= 11 is 0. The third-order valence-corrected chi connectivity index (χ3v) is 3.85. The quantitative estimate of drug-likeness (QED) is 0.345. The van der Waals surface area contributed by atoms with Crippen molar-refractivity contribution in [2.24, 2.45) is 0 Å². The molecule has 0 amide bonds. The second-order valence-electron chi connectivity index (χ2n) is 5.62. The highest BCUT2D eigenvalue weighted by Crippen LogP contribution is 2.38. The van der Waals surface area contributed by atoms with Crippen molar-refractivity contribution in [3.8, 4) is 17.2 Å². The number of phenolic OH excluding ortho intramolecular Hbond substituents is 2. The SMILES string of the molecule is CC.CCOC(OCC)c1ccc(/C=C/C(=O)c2ccc(O)c(OC)c2O)cc1. The number of hydrogen-bond acceptors (Lipinski definition) is 6. The number of rotatable bonds is 9. The lowest BCUT2D eigenvalue weighted by molar-refractivity contribution is -0.140. The maximum absolute atomic E-state index is 12.3. The largest absolute Gasteiger partial charge is 0.504 e. The summed E-state index contributed by atoms with van der Waals surface area (Å²) in [6, 6.07) is 10.1. The maximum Gasteiger partial charge on any atom is 0.203 e. The van der Waals surface area contributed by atoms with Crippen LogP contribution in [0.3, 0.4) is 0 Å². The number of aromatic hydroxyl groups is 2. The number of allylic oxidation sites excluding steroid dienone is 1. The van der Waals surface area contributed by atoms with Gasteiger partial charge in [-0.3, -0.25) is 4.79 Å². The molecule has 158 valence electrons. The molecule has 0 saturated heterocycles. The number of carbonyl (C=O) groups is 1. The first-order valence-corrected chi connectivity index (χ1v) is 9.66. The molecule has 0 aliphatic heterocycles. The predicted molar refractivity (Wildman–Crippen MR) is 113 cm³/mol. The van der Waals surface area contributed by atoms with Crippen molar-refractivity contribution >= 4 is 11.9 Å². The Morgan fingerprint density at radius 2 is 1.59 bits per heavy atom. The van der Waals surface area contributed by atoms with Gasteiger partial charge in [-0.25, -0.2) is 0 Å². The van der Waals surface area contributed by atoms with Crippen molar-refractivity contribution in [3.63, 3.8) is 0 Å². The van der Waals surface area contributed by atoms with Gasteiger partial charge in [0.15, 0.2) is 23.6 Å². The third-order valence-electron chi connectivity index (χ3n) is 3.85. The number of methoxy groups -OCH3 is 1. The van der Waals surface area contributed by atoms with E-state index in [9.17, 15) is 15.0 Å². The Bertz CT molecular complexity index is 790. The molecular formula is C23H30O6. The molecule has 0 atom stereocenters. The van der Waals surface area contributed by atoms with Crippen LogP contribution >= 0.6 is 0 Å². The van der Waals surface area contributed by atoms with Crippen LogP contribution in [-0.2, 0) is 9.47 Å². The predicted octanol–water partition coefficient (Wildman–Crippen LogP) is 5.10. The lowest BCUT2D eigenvalue weighted by atomic mass is 10.1. The zero-order valence-electron chi connectivity index (χ0n) is 17.6. The van der Waals surface area contributed by atoms with Gasteiger partial charge >= 0.3 is 0 Å². The van der Waals surface area contributed by atoms with Gasteiger partial charge in [0, 0.05) is 18.8 Å². The standard InChI is InChI=1S/C21H24O6.C2H6/c1-4-26-21(27-5-2)15-9-6-14(7-10-15)8-12-17(22)16-11-13-18(23)20(25-3)19(16)24;1-2/h6-13,21,23-24H,4-5H2,1-3H3;1-2H3/b12-8+;. The second kappa shape index (κ2) is 12.6. The highest BCUT2D eigenvalue weighted by molar-refractivity contribution is 6.09. The van der Waals surface area contributed by atoms with Crippen molar-refractivity contribution in [2.75, 3.05) is 20.3 Å². The molecule has 0 radical (unpaired) electrons. The molecule has 0 aliphatic rings. The lowest BCUT2D eigenvalue weighted by Gasteiger charge is -2.17. The summed E-state index contributed by atoms with van der Waals surface area (Å²) in [6.45, 7) is 8.89. The molecule has 29 heavy (non-hydrogen) atoms. The summed E-state index contributed by atoms with van der Waals surface area (Å²) in [4.78, 5) is 12.3. The summed E-state index contributed by atoms with van der Waals surface area (Å²) in [7, 11) is 1.30. The Labute approximate surface area is 172 Å². The van der Waals surface area contributed by atoms with E-state index in [2.05, 4.69) is 0 Å². The van der Waals surface area contributed by atoms with Crippen LogP contribution in [-0.4, -0.2) is 36.3 Å². The first-order chi connectivity index (χ1) is 14.0. The van der Waals surface area contributed by atoms with Crippen molar-refractivity contribution in [1.82, 2.24) is 0 Å². The summed E-state index contributed by atoms with van der Waals surface area (Å²) in [5.74, 6) is -1.16. The first-order valence-electron chi connectivity index (χ1n) is 9.66. The van der Waals surface area contributed by atoms with Gasteiger partial charge in [-0.05, 0) is 37.6 Å². The molecule has 0 aliphatic carbocycles. The van der Waals surface area contributed by atoms with Gasteiger partial charge in [-0.1, -0.05) is 44.2 Å². The minimum atomic E-state index is -0.416. The van der Waals surface area contributed by atoms with Crippen molar-refractivity contribution < 1.29 is 29.2 Å². The molecule has 6 heteroatoms. The number of ketones is 1. The van der Waals surface area contributed by atoms with Crippen LogP contribution in [0.5, 0.6) is 17.2 Å². The van der Waals surface area contributed by atoms with E-state index in [1.807, 2.05) is 52.0 Å². The van der Waals surface area contributed by atoms with E-state index in [1.54, 1.807) is 6.08 Å². The summed E-state index contributed by atoms with van der Waals surface area (Å²) in [5, 5.41) is 19.7. The van der Waals surface area contributed by atoms with Crippen LogP contribution < -0.4 is 4.74 Å². The number of carbonyl (C=O) groups excluding carboxylic acids is 1. The van der Waals surface area contributed by atoms with Gasteiger partial charge in [0.05, 0.1) is 12.7 Å². The van der Waals surface area contributed by atoms with Crippen LogP contribution in [0.25, 0.3) is 6.08 Å². The zero-order chi connectivity index (χ0) is 21.8. The molecule has 2 N–H and O–H groups in total. The van der Waals surface area contributed by atoms with Crippen molar-refractivity contribution in [1.29, 1.82) is 0 Å². The molecule has 6 nitrogen and oxygen atoms in total. The van der Waals surface area contributed by atoms with Gasteiger partial charge in [-0.15, -0.1) is 0 Å². The van der Waals surface area contributed by atoms with Crippen LogP contribution in [0.4, 0.5) is 0 Å².